The van der Waals surface area contributed by atoms with Gasteiger partial charge in [-0.3, -0.25) is 4.79 Å². The van der Waals surface area contributed by atoms with E-state index in [0.717, 1.165) is 36.3 Å². The highest BCUT2D eigenvalue weighted by atomic mass is 16.4. The number of allylic oxidation sites excluding steroid dienone is 2. The van der Waals surface area contributed by atoms with E-state index in [1.54, 1.807) is 6.20 Å². The second kappa shape index (κ2) is 4.69. The van der Waals surface area contributed by atoms with E-state index in [1.165, 1.54) is 0 Å². The van der Waals surface area contributed by atoms with Crippen molar-refractivity contribution in [3.8, 4) is 0 Å². The molecule has 2 atom stereocenters. The molecular formula is C16H17N3O2. The summed E-state index contributed by atoms with van der Waals surface area (Å²) in [5.41, 5.74) is 1.77. The number of hydrogen-bond donors (Lipinski definition) is 1. The second-order valence-electron chi connectivity index (χ2n) is 5.91. The molecule has 5 nitrogen and oxygen atoms in total. The van der Waals surface area contributed by atoms with Crippen LogP contribution >= 0.6 is 0 Å². The van der Waals surface area contributed by atoms with Crippen molar-refractivity contribution < 1.29 is 9.90 Å². The third kappa shape index (κ3) is 2.04. The summed E-state index contributed by atoms with van der Waals surface area (Å²) in [6, 6.07) is 4.28. The van der Waals surface area contributed by atoms with Gasteiger partial charge in [0.2, 0.25) is 0 Å². The van der Waals surface area contributed by atoms with E-state index in [2.05, 4.69) is 15.6 Å². The van der Waals surface area contributed by atoms with Gasteiger partial charge in [-0.05, 0) is 37.8 Å². The molecule has 0 aromatic carbocycles. The zero-order valence-electron chi connectivity index (χ0n) is 11.6. The minimum absolute atomic E-state index is 0.0534. The fourth-order valence-electron chi connectivity index (χ4n) is 3.27. The third-order valence-corrected chi connectivity index (χ3v) is 4.47. The maximum absolute atomic E-state index is 11.6. The predicted molar refractivity (Wildman–Crippen MR) is 78.0 cm³/mol. The minimum atomic E-state index is -0.730. The molecule has 0 aliphatic heterocycles. The summed E-state index contributed by atoms with van der Waals surface area (Å²) < 4.78 is 2.19. The van der Waals surface area contributed by atoms with E-state index in [1.807, 2.05) is 18.2 Å². The predicted octanol–water partition coefficient (Wildman–Crippen LogP) is 2.90. The fourth-order valence-corrected chi connectivity index (χ4v) is 3.27. The number of pyridine rings is 1. The van der Waals surface area contributed by atoms with E-state index < -0.39 is 5.97 Å². The number of aromatic nitrogens is 3. The lowest BCUT2D eigenvalue weighted by Gasteiger charge is -2.25. The lowest BCUT2D eigenvalue weighted by Crippen LogP contribution is -2.26. The van der Waals surface area contributed by atoms with Crippen LogP contribution in [-0.2, 0) is 4.79 Å². The molecule has 21 heavy (non-hydrogen) atoms. The summed E-state index contributed by atoms with van der Waals surface area (Å²) in [5.74, 6) is -0.263. The molecule has 108 valence electrons. The number of nitrogens with zero attached hydrogens (tertiary/aromatic N) is 3. The molecular weight excluding hydrogens is 266 g/mol. The Bertz CT molecular complexity index is 730. The zero-order valence-corrected chi connectivity index (χ0v) is 11.6. The van der Waals surface area contributed by atoms with Crippen molar-refractivity contribution in [1.82, 2.24) is 14.5 Å². The molecule has 5 heteroatoms. The topological polar surface area (TPSA) is 68.0 Å². The zero-order chi connectivity index (χ0) is 14.4. The third-order valence-electron chi connectivity index (χ3n) is 4.47. The maximum Gasteiger partial charge on any atom is 0.307 e. The number of carboxylic acid groups (broad SMARTS) is 1. The number of carboxylic acids is 1. The van der Waals surface area contributed by atoms with E-state index in [0.29, 0.717) is 12.5 Å². The number of hydrogen-bond acceptors (Lipinski definition) is 3. The van der Waals surface area contributed by atoms with Crippen molar-refractivity contribution >= 4 is 17.1 Å². The number of imidazole rings is 1. The van der Waals surface area contributed by atoms with Gasteiger partial charge in [-0.1, -0.05) is 12.2 Å². The summed E-state index contributed by atoms with van der Waals surface area (Å²) in [6.45, 7) is 0. The summed E-state index contributed by atoms with van der Waals surface area (Å²) in [7, 11) is 0. The van der Waals surface area contributed by atoms with Crippen LogP contribution in [0.1, 0.15) is 43.5 Å². The number of carbonyl (C=O) groups is 1. The van der Waals surface area contributed by atoms with Crippen LogP contribution in [0.25, 0.3) is 11.2 Å². The number of rotatable bonds is 3. The average molecular weight is 283 g/mol. The Morgan fingerprint density at radius 1 is 1.29 bits per heavy atom. The summed E-state index contributed by atoms with van der Waals surface area (Å²) in [6.07, 6.45) is 9.42. The molecule has 2 aliphatic rings. The Labute approximate surface area is 122 Å². The largest absolute Gasteiger partial charge is 0.481 e. The van der Waals surface area contributed by atoms with Crippen molar-refractivity contribution in [2.45, 2.75) is 37.6 Å². The van der Waals surface area contributed by atoms with Crippen LogP contribution in [0.2, 0.25) is 0 Å². The first-order valence-corrected chi connectivity index (χ1v) is 7.46. The molecule has 2 unspecified atom stereocenters. The van der Waals surface area contributed by atoms with Crippen molar-refractivity contribution in [2.24, 2.45) is 5.92 Å². The molecule has 0 amide bonds. The second-order valence-corrected chi connectivity index (χ2v) is 5.91. The number of fused-ring (bicyclic) bond motifs is 1. The molecule has 0 radical (unpaired) electrons. The van der Waals surface area contributed by atoms with Gasteiger partial charge in [0.1, 0.15) is 11.3 Å². The summed E-state index contributed by atoms with van der Waals surface area (Å²) in [4.78, 5) is 20.8. The first kappa shape index (κ1) is 12.6. The Morgan fingerprint density at radius 2 is 2.10 bits per heavy atom. The quantitative estimate of drug-likeness (QED) is 0.879. The molecule has 2 aromatic heterocycles. The van der Waals surface area contributed by atoms with Gasteiger partial charge in [0.05, 0.1) is 5.92 Å². The molecule has 1 fully saturated rings. The van der Waals surface area contributed by atoms with E-state index >= 15 is 0 Å². The Hall–Kier alpha value is -2.17. The smallest absolute Gasteiger partial charge is 0.307 e. The lowest BCUT2D eigenvalue weighted by atomic mass is 9.82. The van der Waals surface area contributed by atoms with Gasteiger partial charge in [-0.25, -0.2) is 9.97 Å². The SMILES string of the molecule is O=C(O)C1CC=CCC1c1nc2cccnc2n1C1CC1. The Balaban J connectivity index is 1.87. The highest BCUT2D eigenvalue weighted by Gasteiger charge is 2.37. The highest BCUT2D eigenvalue weighted by Crippen LogP contribution is 2.43. The van der Waals surface area contributed by atoms with Gasteiger partial charge < -0.3 is 9.67 Å². The molecule has 2 heterocycles. The molecule has 4 rings (SSSR count). The summed E-state index contributed by atoms with van der Waals surface area (Å²) >= 11 is 0. The number of aliphatic carboxylic acids is 1. The van der Waals surface area contributed by atoms with Gasteiger partial charge >= 0.3 is 5.97 Å². The molecule has 0 bridgehead atoms. The molecule has 1 N–H and O–H groups in total. The van der Waals surface area contributed by atoms with Crippen LogP contribution < -0.4 is 0 Å². The maximum atomic E-state index is 11.6. The lowest BCUT2D eigenvalue weighted by molar-refractivity contribution is -0.142. The Morgan fingerprint density at radius 3 is 2.86 bits per heavy atom. The van der Waals surface area contributed by atoms with Crippen molar-refractivity contribution in [3.63, 3.8) is 0 Å². The van der Waals surface area contributed by atoms with Crippen LogP contribution in [0.4, 0.5) is 0 Å². The van der Waals surface area contributed by atoms with E-state index in [-0.39, 0.29) is 11.8 Å². The average Bonchev–Trinajstić information content (AvgIpc) is 3.27. The minimum Gasteiger partial charge on any atom is -0.481 e. The highest BCUT2D eigenvalue weighted by molar-refractivity contribution is 5.74. The van der Waals surface area contributed by atoms with Gasteiger partial charge in [-0.15, -0.1) is 0 Å². The van der Waals surface area contributed by atoms with E-state index in [9.17, 15) is 9.90 Å². The van der Waals surface area contributed by atoms with Crippen molar-refractivity contribution in [3.05, 3.63) is 36.3 Å². The van der Waals surface area contributed by atoms with Gasteiger partial charge in [0.15, 0.2) is 5.65 Å². The monoisotopic (exact) mass is 283 g/mol. The van der Waals surface area contributed by atoms with Crippen molar-refractivity contribution in [1.29, 1.82) is 0 Å². The first-order chi connectivity index (χ1) is 10.3. The van der Waals surface area contributed by atoms with Crippen molar-refractivity contribution in [2.75, 3.05) is 0 Å². The molecule has 0 spiro atoms. The fraction of sp³-hybridized carbons (Fsp3) is 0.438. The molecule has 0 saturated heterocycles. The van der Waals surface area contributed by atoms with Crippen LogP contribution in [0, 0.1) is 5.92 Å². The normalized spacial score (nSPS) is 25.3. The first-order valence-electron chi connectivity index (χ1n) is 7.46. The Kier molecular flexibility index (Phi) is 2.80. The van der Waals surface area contributed by atoms with Crippen LogP contribution in [-0.4, -0.2) is 25.6 Å². The molecule has 2 aromatic rings. The molecule has 2 aliphatic carbocycles. The standard InChI is InChI=1S/C16H17N3O2/c20-16(21)12-5-2-1-4-11(12)14-18-13-6-3-9-17-15(13)19(14)10-7-8-10/h1-3,6,9-12H,4-5,7-8H2,(H,20,21). The van der Waals surface area contributed by atoms with Gasteiger partial charge in [-0.2, -0.15) is 0 Å². The van der Waals surface area contributed by atoms with Gasteiger partial charge in [0.25, 0.3) is 0 Å². The van der Waals surface area contributed by atoms with Gasteiger partial charge in [0, 0.05) is 18.2 Å². The van der Waals surface area contributed by atoms with Crippen LogP contribution in [0.15, 0.2) is 30.5 Å². The van der Waals surface area contributed by atoms with Crippen LogP contribution in [0.5, 0.6) is 0 Å². The van der Waals surface area contributed by atoms with E-state index in [4.69, 9.17) is 4.98 Å². The summed E-state index contributed by atoms with van der Waals surface area (Å²) in [5, 5.41) is 9.50. The molecule has 1 saturated carbocycles. The van der Waals surface area contributed by atoms with Crippen LogP contribution in [0.3, 0.4) is 0 Å².